The normalized spacial score (nSPS) is 25.8. The highest BCUT2D eigenvalue weighted by atomic mass is 32.1. The molecule has 2 heterocycles. The molecular formula is C13H23N3S. The van der Waals surface area contributed by atoms with Gasteiger partial charge in [0.1, 0.15) is 5.01 Å². The van der Waals surface area contributed by atoms with E-state index in [1.807, 2.05) is 0 Å². The van der Waals surface area contributed by atoms with Gasteiger partial charge in [0.2, 0.25) is 0 Å². The molecule has 1 saturated heterocycles. The Hall–Kier alpha value is -0.450. The quantitative estimate of drug-likeness (QED) is 0.869. The van der Waals surface area contributed by atoms with E-state index in [4.69, 9.17) is 0 Å². The fraction of sp³-hybridized carbons (Fsp3) is 0.769. The summed E-state index contributed by atoms with van der Waals surface area (Å²) in [6.07, 6.45) is 1.20. The Morgan fingerprint density at radius 3 is 2.94 bits per heavy atom. The van der Waals surface area contributed by atoms with Gasteiger partial charge in [-0.2, -0.15) is 0 Å². The summed E-state index contributed by atoms with van der Waals surface area (Å²) < 4.78 is 0. The molecule has 1 aromatic heterocycles. The number of hydrogen-bond acceptors (Lipinski definition) is 4. The fourth-order valence-corrected chi connectivity index (χ4v) is 3.24. The lowest BCUT2D eigenvalue weighted by atomic mass is 9.79. The average Bonchev–Trinajstić information content (AvgIpc) is 2.68. The highest BCUT2D eigenvalue weighted by Crippen LogP contribution is 2.28. The standard InChI is InChI=1S/C13H23N3S/c1-9-7-17-12(15-9)10(2)16-11-5-6-14-8-13(11,3)4/h7,10-11,14,16H,5-6,8H2,1-4H3. The van der Waals surface area contributed by atoms with E-state index in [-0.39, 0.29) is 0 Å². The van der Waals surface area contributed by atoms with Crippen LogP contribution in [0.15, 0.2) is 5.38 Å². The van der Waals surface area contributed by atoms with Gasteiger partial charge < -0.3 is 10.6 Å². The topological polar surface area (TPSA) is 37.0 Å². The summed E-state index contributed by atoms with van der Waals surface area (Å²) in [5, 5.41) is 10.5. The maximum absolute atomic E-state index is 4.56. The van der Waals surface area contributed by atoms with Crippen molar-refractivity contribution >= 4 is 11.3 Å². The zero-order valence-electron chi connectivity index (χ0n) is 11.2. The van der Waals surface area contributed by atoms with Gasteiger partial charge in [-0.3, -0.25) is 0 Å². The van der Waals surface area contributed by atoms with Crippen molar-refractivity contribution in [3.63, 3.8) is 0 Å². The Labute approximate surface area is 108 Å². The van der Waals surface area contributed by atoms with Crippen LogP contribution >= 0.6 is 11.3 Å². The molecule has 17 heavy (non-hydrogen) atoms. The van der Waals surface area contributed by atoms with Crippen molar-refractivity contribution in [3.05, 3.63) is 16.1 Å². The summed E-state index contributed by atoms with van der Waals surface area (Å²) in [5.74, 6) is 0. The molecule has 1 fully saturated rings. The third-order valence-electron chi connectivity index (χ3n) is 3.59. The van der Waals surface area contributed by atoms with Crippen LogP contribution in [-0.4, -0.2) is 24.1 Å². The lowest BCUT2D eigenvalue weighted by Crippen LogP contribution is -2.53. The van der Waals surface area contributed by atoms with E-state index < -0.39 is 0 Å². The van der Waals surface area contributed by atoms with Crippen molar-refractivity contribution in [1.29, 1.82) is 0 Å². The third kappa shape index (κ3) is 3.06. The molecule has 0 aliphatic carbocycles. The molecule has 0 amide bonds. The van der Waals surface area contributed by atoms with Crippen LogP contribution in [0.2, 0.25) is 0 Å². The van der Waals surface area contributed by atoms with Gasteiger partial charge in [-0.15, -0.1) is 11.3 Å². The first kappa shape index (κ1) is 13.0. The molecule has 2 N–H and O–H groups in total. The van der Waals surface area contributed by atoms with Crippen molar-refractivity contribution in [2.24, 2.45) is 5.41 Å². The molecule has 0 aromatic carbocycles. The molecule has 4 heteroatoms. The Morgan fingerprint density at radius 1 is 1.59 bits per heavy atom. The Morgan fingerprint density at radius 2 is 2.35 bits per heavy atom. The van der Waals surface area contributed by atoms with E-state index in [1.54, 1.807) is 11.3 Å². The molecule has 0 radical (unpaired) electrons. The fourth-order valence-electron chi connectivity index (χ4n) is 2.42. The summed E-state index contributed by atoms with van der Waals surface area (Å²) in [6.45, 7) is 11.1. The van der Waals surface area contributed by atoms with Crippen molar-refractivity contribution < 1.29 is 0 Å². The number of aryl methyl sites for hydroxylation is 1. The molecule has 1 aliphatic rings. The molecule has 2 rings (SSSR count). The van der Waals surface area contributed by atoms with Crippen LogP contribution in [-0.2, 0) is 0 Å². The molecule has 3 nitrogen and oxygen atoms in total. The number of piperidine rings is 1. The minimum Gasteiger partial charge on any atom is -0.316 e. The van der Waals surface area contributed by atoms with Crippen LogP contribution in [0.5, 0.6) is 0 Å². The van der Waals surface area contributed by atoms with E-state index in [0.29, 0.717) is 17.5 Å². The average molecular weight is 253 g/mol. The molecule has 1 aromatic rings. The SMILES string of the molecule is Cc1csc(C(C)NC2CCNCC2(C)C)n1. The van der Waals surface area contributed by atoms with Crippen molar-refractivity contribution in [2.45, 2.75) is 46.2 Å². The highest BCUT2D eigenvalue weighted by Gasteiger charge is 2.33. The van der Waals surface area contributed by atoms with Gasteiger partial charge in [0.15, 0.2) is 0 Å². The molecule has 96 valence electrons. The summed E-state index contributed by atoms with van der Waals surface area (Å²) in [5.41, 5.74) is 1.45. The summed E-state index contributed by atoms with van der Waals surface area (Å²) in [4.78, 5) is 4.56. The number of aromatic nitrogens is 1. The Balaban J connectivity index is 2.00. The molecule has 0 spiro atoms. The van der Waals surface area contributed by atoms with Crippen molar-refractivity contribution in [2.75, 3.05) is 13.1 Å². The van der Waals surface area contributed by atoms with Crippen LogP contribution in [0.1, 0.15) is 43.9 Å². The van der Waals surface area contributed by atoms with Crippen LogP contribution in [0, 0.1) is 12.3 Å². The largest absolute Gasteiger partial charge is 0.316 e. The summed E-state index contributed by atoms with van der Waals surface area (Å²) in [6, 6.07) is 0.930. The molecule has 2 unspecified atom stereocenters. The van der Waals surface area contributed by atoms with Gasteiger partial charge in [-0.25, -0.2) is 4.98 Å². The van der Waals surface area contributed by atoms with Gasteiger partial charge in [0.25, 0.3) is 0 Å². The smallest absolute Gasteiger partial charge is 0.110 e. The van der Waals surface area contributed by atoms with Crippen LogP contribution in [0.4, 0.5) is 0 Å². The lowest BCUT2D eigenvalue weighted by molar-refractivity contribution is 0.174. The van der Waals surface area contributed by atoms with Gasteiger partial charge >= 0.3 is 0 Å². The Kier molecular flexibility index (Phi) is 3.85. The maximum Gasteiger partial charge on any atom is 0.110 e. The third-order valence-corrected chi connectivity index (χ3v) is 4.74. The van der Waals surface area contributed by atoms with Crippen LogP contribution < -0.4 is 10.6 Å². The number of nitrogens with one attached hydrogen (secondary N) is 2. The lowest BCUT2D eigenvalue weighted by Gasteiger charge is -2.40. The van der Waals surface area contributed by atoms with Gasteiger partial charge in [0, 0.05) is 23.7 Å². The Bertz CT molecular complexity index is 372. The van der Waals surface area contributed by atoms with E-state index >= 15 is 0 Å². The van der Waals surface area contributed by atoms with Gasteiger partial charge in [-0.05, 0) is 32.2 Å². The monoisotopic (exact) mass is 253 g/mol. The van der Waals surface area contributed by atoms with Crippen molar-refractivity contribution in [1.82, 2.24) is 15.6 Å². The predicted molar refractivity (Wildman–Crippen MR) is 73.5 cm³/mol. The first-order valence-corrected chi connectivity index (χ1v) is 7.26. The molecule has 0 bridgehead atoms. The second-order valence-corrected chi connectivity index (χ2v) is 6.61. The maximum atomic E-state index is 4.56. The predicted octanol–water partition coefficient (Wildman–Crippen LogP) is 2.49. The first-order valence-electron chi connectivity index (χ1n) is 6.38. The summed E-state index contributed by atoms with van der Waals surface area (Å²) in [7, 11) is 0. The molecule has 0 saturated carbocycles. The van der Waals surface area contributed by atoms with E-state index in [1.165, 1.54) is 11.4 Å². The van der Waals surface area contributed by atoms with Crippen LogP contribution in [0.3, 0.4) is 0 Å². The number of rotatable bonds is 3. The molecular weight excluding hydrogens is 230 g/mol. The van der Waals surface area contributed by atoms with E-state index in [0.717, 1.165) is 18.8 Å². The summed E-state index contributed by atoms with van der Waals surface area (Å²) >= 11 is 1.76. The number of thiazole rings is 1. The second kappa shape index (κ2) is 5.04. The van der Waals surface area contributed by atoms with Gasteiger partial charge in [0.05, 0.1) is 6.04 Å². The zero-order chi connectivity index (χ0) is 12.5. The highest BCUT2D eigenvalue weighted by molar-refractivity contribution is 7.09. The zero-order valence-corrected chi connectivity index (χ0v) is 12.0. The first-order chi connectivity index (χ1) is 7.99. The minimum atomic E-state index is 0.318. The minimum absolute atomic E-state index is 0.318. The van der Waals surface area contributed by atoms with Crippen LogP contribution in [0.25, 0.3) is 0 Å². The molecule has 1 aliphatic heterocycles. The number of hydrogen-bond donors (Lipinski definition) is 2. The van der Waals surface area contributed by atoms with E-state index in [9.17, 15) is 0 Å². The van der Waals surface area contributed by atoms with Crippen molar-refractivity contribution in [3.8, 4) is 0 Å². The van der Waals surface area contributed by atoms with Gasteiger partial charge in [-0.1, -0.05) is 13.8 Å². The number of nitrogens with zero attached hydrogens (tertiary/aromatic N) is 1. The van der Waals surface area contributed by atoms with E-state index in [2.05, 4.69) is 48.7 Å². The second-order valence-electron chi connectivity index (χ2n) is 5.72. The molecule has 2 atom stereocenters.